The lowest BCUT2D eigenvalue weighted by Crippen LogP contribution is -2.31. The van der Waals surface area contributed by atoms with E-state index in [0.717, 1.165) is 10.8 Å². The molecule has 0 saturated carbocycles. The summed E-state index contributed by atoms with van der Waals surface area (Å²) in [6.45, 7) is 1.71. The Kier molecular flexibility index (Phi) is 5.41. The van der Waals surface area contributed by atoms with Crippen molar-refractivity contribution in [3.05, 3.63) is 102 Å². The molecule has 162 valence electrons. The van der Waals surface area contributed by atoms with E-state index >= 15 is 0 Å². The van der Waals surface area contributed by atoms with E-state index in [4.69, 9.17) is 11.6 Å². The Morgan fingerprint density at radius 1 is 1.03 bits per heavy atom. The molecule has 2 aromatic carbocycles. The van der Waals surface area contributed by atoms with Gasteiger partial charge in [-0.15, -0.1) is 0 Å². The molecule has 0 aliphatic rings. The molecule has 2 heterocycles. The molecule has 0 aliphatic heterocycles. The molecule has 4 aromatic rings. The van der Waals surface area contributed by atoms with Crippen LogP contribution in [0.2, 0.25) is 5.02 Å². The second-order valence-corrected chi connectivity index (χ2v) is 7.36. The number of aliphatic imine (C=N–C) groups is 1. The highest BCUT2D eigenvalue weighted by atomic mass is 35.5. The van der Waals surface area contributed by atoms with Crippen molar-refractivity contribution in [3.63, 3.8) is 0 Å². The van der Waals surface area contributed by atoms with Gasteiger partial charge in [0.05, 0.1) is 22.1 Å². The molecule has 2 N–H and O–H groups in total. The standard InChI is InChI=1S/C22H18ClN5O4/c1-13-18(21(31)28(26(13)2)14-8-4-3-5-9-14)24-12-15-19(29)25-22(32)27(20(15)30)17-11-7-6-10-16(17)23/h3-12,30H,1-2H3,(H,25,29,32). The van der Waals surface area contributed by atoms with Crippen LogP contribution in [0.4, 0.5) is 5.69 Å². The highest BCUT2D eigenvalue weighted by Gasteiger charge is 2.18. The fourth-order valence-electron chi connectivity index (χ4n) is 3.34. The average Bonchev–Trinajstić information content (AvgIpc) is 2.98. The van der Waals surface area contributed by atoms with Gasteiger partial charge in [0.2, 0.25) is 5.88 Å². The Labute approximate surface area is 186 Å². The maximum Gasteiger partial charge on any atom is 0.335 e. The van der Waals surface area contributed by atoms with E-state index in [1.165, 1.54) is 10.7 Å². The van der Waals surface area contributed by atoms with Crippen LogP contribution in [0.25, 0.3) is 11.4 Å². The summed E-state index contributed by atoms with van der Waals surface area (Å²) >= 11 is 6.14. The number of aromatic amines is 1. The minimum absolute atomic E-state index is 0.0886. The maximum absolute atomic E-state index is 13.0. The highest BCUT2D eigenvalue weighted by Crippen LogP contribution is 2.23. The first-order valence-electron chi connectivity index (χ1n) is 9.52. The van der Waals surface area contributed by atoms with E-state index in [2.05, 4.69) is 9.98 Å². The van der Waals surface area contributed by atoms with Gasteiger partial charge in [-0.1, -0.05) is 41.9 Å². The Morgan fingerprint density at radius 3 is 2.38 bits per heavy atom. The molecule has 2 aromatic heterocycles. The molecule has 0 fully saturated rings. The number of aromatic nitrogens is 4. The van der Waals surface area contributed by atoms with E-state index in [0.29, 0.717) is 11.4 Å². The van der Waals surface area contributed by atoms with E-state index in [1.807, 2.05) is 18.2 Å². The number of nitrogens with zero attached hydrogens (tertiary/aromatic N) is 4. The van der Waals surface area contributed by atoms with Crippen molar-refractivity contribution in [2.24, 2.45) is 12.0 Å². The second kappa shape index (κ2) is 8.20. The topological polar surface area (TPSA) is 114 Å². The molecule has 0 spiro atoms. The Morgan fingerprint density at radius 2 is 1.69 bits per heavy atom. The molecule has 0 amide bonds. The largest absolute Gasteiger partial charge is 0.493 e. The fraction of sp³-hybridized carbons (Fsp3) is 0.0909. The zero-order chi connectivity index (χ0) is 23.0. The van der Waals surface area contributed by atoms with Crippen molar-refractivity contribution in [1.29, 1.82) is 0 Å². The van der Waals surface area contributed by atoms with Crippen LogP contribution in [0.5, 0.6) is 5.88 Å². The molecule has 32 heavy (non-hydrogen) atoms. The summed E-state index contributed by atoms with van der Waals surface area (Å²) in [6.07, 6.45) is 1.06. The van der Waals surface area contributed by atoms with E-state index in [-0.39, 0.29) is 22.0 Å². The van der Waals surface area contributed by atoms with E-state index < -0.39 is 22.7 Å². The van der Waals surface area contributed by atoms with Crippen molar-refractivity contribution in [2.45, 2.75) is 6.92 Å². The third kappa shape index (κ3) is 3.48. The molecule has 0 bridgehead atoms. The van der Waals surface area contributed by atoms with Crippen molar-refractivity contribution in [1.82, 2.24) is 18.9 Å². The smallest absolute Gasteiger partial charge is 0.335 e. The van der Waals surface area contributed by atoms with Gasteiger partial charge in [0, 0.05) is 13.3 Å². The zero-order valence-electron chi connectivity index (χ0n) is 17.1. The molecular formula is C22H18ClN5O4. The van der Waals surface area contributed by atoms with Crippen LogP contribution in [-0.2, 0) is 7.05 Å². The molecule has 4 rings (SSSR count). The molecule has 0 atom stereocenters. The number of H-pyrrole nitrogens is 1. The summed E-state index contributed by atoms with van der Waals surface area (Å²) in [5.74, 6) is -0.646. The van der Waals surface area contributed by atoms with E-state index in [9.17, 15) is 19.5 Å². The number of nitrogens with one attached hydrogen (secondary N) is 1. The normalized spacial score (nSPS) is 11.3. The van der Waals surface area contributed by atoms with Gasteiger partial charge < -0.3 is 5.11 Å². The van der Waals surface area contributed by atoms with Crippen molar-refractivity contribution < 1.29 is 5.11 Å². The average molecular weight is 452 g/mol. The SMILES string of the molecule is Cc1c(N=Cc2c(O)n(-c3ccccc3Cl)c(=O)[nH]c2=O)c(=O)n(-c2ccccc2)n1C. The first-order valence-corrected chi connectivity index (χ1v) is 9.90. The quantitative estimate of drug-likeness (QED) is 0.464. The Bertz CT molecular complexity index is 1530. The molecule has 0 saturated heterocycles. The second-order valence-electron chi connectivity index (χ2n) is 6.95. The molecule has 9 nitrogen and oxygen atoms in total. The summed E-state index contributed by atoms with van der Waals surface area (Å²) in [7, 11) is 1.71. The number of benzene rings is 2. The van der Waals surface area contributed by atoms with Crippen LogP contribution in [0.3, 0.4) is 0 Å². The third-order valence-electron chi connectivity index (χ3n) is 5.06. The molecule has 0 radical (unpaired) electrons. The Balaban J connectivity index is 1.87. The van der Waals surface area contributed by atoms with Crippen molar-refractivity contribution >= 4 is 23.5 Å². The minimum Gasteiger partial charge on any atom is -0.493 e. The van der Waals surface area contributed by atoms with Crippen LogP contribution < -0.4 is 16.8 Å². The number of aromatic hydroxyl groups is 1. The molecule has 0 unspecified atom stereocenters. The summed E-state index contributed by atoms with van der Waals surface area (Å²) in [5.41, 5.74) is -0.934. The van der Waals surface area contributed by atoms with Gasteiger partial charge >= 0.3 is 5.69 Å². The van der Waals surface area contributed by atoms with Gasteiger partial charge in [-0.25, -0.2) is 19.0 Å². The lowest BCUT2D eigenvalue weighted by molar-refractivity contribution is 0.430. The number of rotatable bonds is 4. The number of hydrogen-bond donors (Lipinski definition) is 2. The number of hydrogen-bond acceptors (Lipinski definition) is 5. The van der Waals surface area contributed by atoms with Gasteiger partial charge in [-0.3, -0.25) is 19.3 Å². The summed E-state index contributed by atoms with van der Waals surface area (Å²) in [5, 5.41) is 10.9. The summed E-state index contributed by atoms with van der Waals surface area (Å²) in [6, 6.07) is 15.4. The fourth-order valence-corrected chi connectivity index (χ4v) is 3.56. The lowest BCUT2D eigenvalue weighted by Gasteiger charge is -2.10. The van der Waals surface area contributed by atoms with Gasteiger partial charge in [-0.2, -0.15) is 0 Å². The molecular weight excluding hydrogens is 434 g/mol. The maximum atomic E-state index is 13.0. The van der Waals surface area contributed by atoms with E-state index in [1.54, 1.807) is 49.0 Å². The van der Waals surface area contributed by atoms with Gasteiger partial charge in [0.25, 0.3) is 11.1 Å². The van der Waals surface area contributed by atoms with Gasteiger partial charge in [0.1, 0.15) is 5.56 Å². The first-order chi connectivity index (χ1) is 15.3. The lowest BCUT2D eigenvalue weighted by atomic mass is 10.3. The minimum atomic E-state index is -0.861. The summed E-state index contributed by atoms with van der Waals surface area (Å²) < 4.78 is 3.95. The van der Waals surface area contributed by atoms with Crippen LogP contribution in [0, 0.1) is 6.92 Å². The summed E-state index contributed by atoms with van der Waals surface area (Å²) in [4.78, 5) is 44.0. The predicted molar refractivity (Wildman–Crippen MR) is 122 cm³/mol. The monoisotopic (exact) mass is 451 g/mol. The molecule has 10 heteroatoms. The number of halogens is 1. The Hall–Kier alpha value is -4.11. The van der Waals surface area contributed by atoms with Crippen LogP contribution in [-0.4, -0.2) is 30.2 Å². The first kappa shape index (κ1) is 21.1. The third-order valence-corrected chi connectivity index (χ3v) is 5.38. The van der Waals surface area contributed by atoms with Crippen molar-refractivity contribution in [3.8, 4) is 17.3 Å². The van der Waals surface area contributed by atoms with Gasteiger partial charge in [-0.05, 0) is 31.2 Å². The zero-order valence-corrected chi connectivity index (χ0v) is 17.9. The number of para-hydroxylation sites is 2. The van der Waals surface area contributed by atoms with Crippen molar-refractivity contribution in [2.75, 3.05) is 0 Å². The van der Waals surface area contributed by atoms with Gasteiger partial charge in [0.15, 0.2) is 5.69 Å². The van der Waals surface area contributed by atoms with Crippen LogP contribution in [0.1, 0.15) is 11.3 Å². The van der Waals surface area contributed by atoms with Crippen LogP contribution >= 0.6 is 11.6 Å². The molecule has 0 aliphatic carbocycles. The predicted octanol–water partition coefficient (Wildman–Crippen LogP) is 2.43. The van der Waals surface area contributed by atoms with Crippen LogP contribution in [0.15, 0.2) is 74.0 Å². The highest BCUT2D eigenvalue weighted by molar-refractivity contribution is 6.32.